The van der Waals surface area contributed by atoms with Gasteiger partial charge in [0.1, 0.15) is 16.5 Å². The van der Waals surface area contributed by atoms with Crippen molar-refractivity contribution >= 4 is 46.4 Å². The standard InChI is InChI=1S/C25H20ClN3O4/c1-2-15-9-11-19(12-10-15)29-24(32)21(26)22(25(29)33)27-17-6-3-5-16(13-17)23(31)28-18-7-4-8-20(30)14-18/h3-14,27,30H,2H2,1H3,(H,28,31). The lowest BCUT2D eigenvalue weighted by Gasteiger charge is -2.15. The van der Waals surface area contributed by atoms with Crippen LogP contribution in [0, 0.1) is 0 Å². The van der Waals surface area contributed by atoms with Gasteiger partial charge in [0.15, 0.2) is 0 Å². The van der Waals surface area contributed by atoms with Gasteiger partial charge >= 0.3 is 0 Å². The van der Waals surface area contributed by atoms with Gasteiger partial charge < -0.3 is 15.7 Å². The van der Waals surface area contributed by atoms with E-state index in [2.05, 4.69) is 10.6 Å². The third-order valence-electron chi connectivity index (χ3n) is 5.13. The van der Waals surface area contributed by atoms with Crippen molar-refractivity contribution in [2.75, 3.05) is 15.5 Å². The summed E-state index contributed by atoms with van der Waals surface area (Å²) >= 11 is 6.20. The number of carbonyl (C=O) groups excluding carboxylic acids is 3. The van der Waals surface area contributed by atoms with E-state index in [1.54, 1.807) is 42.5 Å². The summed E-state index contributed by atoms with van der Waals surface area (Å²) < 4.78 is 0. The molecule has 0 spiro atoms. The molecule has 7 nitrogen and oxygen atoms in total. The predicted octanol–water partition coefficient (Wildman–Crippen LogP) is 4.64. The van der Waals surface area contributed by atoms with Gasteiger partial charge in [0.25, 0.3) is 17.7 Å². The Morgan fingerprint density at radius 3 is 2.33 bits per heavy atom. The Bertz CT molecular complexity index is 1280. The molecule has 0 bridgehead atoms. The number of rotatable bonds is 6. The molecule has 3 aromatic carbocycles. The van der Waals surface area contributed by atoms with Crippen LogP contribution in [0.1, 0.15) is 22.8 Å². The first kappa shape index (κ1) is 22.1. The topological polar surface area (TPSA) is 98.7 Å². The number of aromatic hydroxyl groups is 1. The van der Waals surface area contributed by atoms with Crippen LogP contribution < -0.4 is 15.5 Å². The molecule has 166 valence electrons. The van der Waals surface area contributed by atoms with Gasteiger partial charge in [-0.2, -0.15) is 0 Å². The molecule has 0 saturated carbocycles. The number of benzene rings is 3. The largest absolute Gasteiger partial charge is 0.508 e. The first-order valence-corrected chi connectivity index (χ1v) is 10.6. The number of aryl methyl sites for hydroxylation is 1. The minimum Gasteiger partial charge on any atom is -0.508 e. The molecular weight excluding hydrogens is 442 g/mol. The normalized spacial score (nSPS) is 13.5. The van der Waals surface area contributed by atoms with Gasteiger partial charge in [-0.25, -0.2) is 4.90 Å². The van der Waals surface area contributed by atoms with Crippen molar-refractivity contribution in [3.8, 4) is 5.75 Å². The van der Waals surface area contributed by atoms with Gasteiger partial charge in [0.05, 0.1) is 5.69 Å². The van der Waals surface area contributed by atoms with Crippen LogP contribution in [0.4, 0.5) is 17.1 Å². The summed E-state index contributed by atoms with van der Waals surface area (Å²) in [5, 5.41) is 14.9. The fraction of sp³-hybridized carbons (Fsp3) is 0.0800. The van der Waals surface area contributed by atoms with Crippen LogP contribution >= 0.6 is 11.6 Å². The van der Waals surface area contributed by atoms with Gasteiger partial charge in [-0.05, 0) is 54.4 Å². The first-order chi connectivity index (χ1) is 15.9. The maximum Gasteiger partial charge on any atom is 0.283 e. The van der Waals surface area contributed by atoms with Crippen LogP contribution in [-0.2, 0) is 16.0 Å². The molecule has 4 rings (SSSR count). The first-order valence-electron chi connectivity index (χ1n) is 10.2. The summed E-state index contributed by atoms with van der Waals surface area (Å²) in [7, 11) is 0. The minimum absolute atomic E-state index is 0.0306. The molecule has 3 amide bonds. The van der Waals surface area contributed by atoms with E-state index in [0.29, 0.717) is 22.6 Å². The molecule has 0 saturated heterocycles. The summed E-state index contributed by atoms with van der Waals surface area (Å²) in [4.78, 5) is 39.3. The number of phenols is 1. The summed E-state index contributed by atoms with van der Waals surface area (Å²) in [6.07, 6.45) is 0.837. The lowest BCUT2D eigenvalue weighted by molar-refractivity contribution is -0.120. The number of anilines is 3. The fourth-order valence-corrected chi connectivity index (χ4v) is 3.61. The fourth-order valence-electron chi connectivity index (χ4n) is 3.40. The molecule has 3 N–H and O–H groups in total. The lowest BCUT2D eigenvalue weighted by Crippen LogP contribution is -2.32. The highest BCUT2D eigenvalue weighted by Gasteiger charge is 2.38. The van der Waals surface area contributed by atoms with Crippen LogP contribution in [0.15, 0.2) is 83.5 Å². The van der Waals surface area contributed by atoms with E-state index >= 15 is 0 Å². The molecule has 1 aliphatic rings. The van der Waals surface area contributed by atoms with E-state index < -0.39 is 17.7 Å². The number of hydrogen-bond acceptors (Lipinski definition) is 5. The molecule has 33 heavy (non-hydrogen) atoms. The Morgan fingerprint density at radius 2 is 1.64 bits per heavy atom. The van der Waals surface area contributed by atoms with Gasteiger partial charge in [-0.3, -0.25) is 14.4 Å². The highest BCUT2D eigenvalue weighted by atomic mass is 35.5. The highest BCUT2D eigenvalue weighted by molar-refractivity contribution is 6.53. The van der Waals surface area contributed by atoms with Gasteiger partial charge in [-0.15, -0.1) is 0 Å². The van der Waals surface area contributed by atoms with Crippen molar-refractivity contribution in [3.63, 3.8) is 0 Å². The SMILES string of the molecule is CCc1ccc(N2C(=O)C(Cl)=C(Nc3cccc(C(=O)Nc4cccc(O)c4)c3)C2=O)cc1. The maximum absolute atomic E-state index is 13.0. The minimum atomic E-state index is -0.619. The Hall–Kier alpha value is -4.10. The zero-order chi connectivity index (χ0) is 23.5. The summed E-state index contributed by atoms with van der Waals surface area (Å²) in [5.74, 6) is -1.58. The molecular formula is C25H20ClN3O4. The van der Waals surface area contributed by atoms with E-state index in [-0.39, 0.29) is 16.5 Å². The molecule has 0 fully saturated rings. The number of phenolic OH excluding ortho intramolecular Hbond substituents is 1. The van der Waals surface area contributed by atoms with E-state index in [9.17, 15) is 19.5 Å². The molecule has 0 aliphatic carbocycles. The van der Waals surface area contributed by atoms with Crippen molar-refractivity contribution in [2.45, 2.75) is 13.3 Å². The molecule has 3 aromatic rings. The zero-order valence-electron chi connectivity index (χ0n) is 17.6. The van der Waals surface area contributed by atoms with Gasteiger partial charge in [0, 0.05) is 23.0 Å². The quantitative estimate of drug-likeness (QED) is 0.464. The Balaban J connectivity index is 1.53. The number of halogens is 1. The molecule has 8 heteroatoms. The van der Waals surface area contributed by atoms with Crippen molar-refractivity contribution in [2.24, 2.45) is 0 Å². The van der Waals surface area contributed by atoms with Gasteiger partial charge in [0.2, 0.25) is 0 Å². The molecule has 0 radical (unpaired) electrons. The average molecular weight is 462 g/mol. The Kier molecular flexibility index (Phi) is 6.15. The Labute approximate surface area is 195 Å². The van der Waals surface area contributed by atoms with E-state index in [0.717, 1.165) is 16.9 Å². The second-order valence-electron chi connectivity index (χ2n) is 7.36. The molecule has 1 aliphatic heterocycles. The van der Waals surface area contributed by atoms with Gasteiger partial charge in [-0.1, -0.05) is 42.8 Å². The Morgan fingerprint density at radius 1 is 0.939 bits per heavy atom. The number of nitrogens with zero attached hydrogens (tertiary/aromatic N) is 1. The van der Waals surface area contributed by atoms with Crippen molar-refractivity contribution in [1.82, 2.24) is 0 Å². The van der Waals surface area contributed by atoms with Crippen LogP contribution in [-0.4, -0.2) is 22.8 Å². The molecule has 0 atom stereocenters. The number of amides is 3. The van der Waals surface area contributed by atoms with E-state index in [4.69, 9.17) is 11.6 Å². The van der Waals surface area contributed by atoms with Crippen LogP contribution in [0.3, 0.4) is 0 Å². The average Bonchev–Trinajstić information content (AvgIpc) is 3.02. The van der Waals surface area contributed by atoms with Crippen LogP contribution in [0.5, 0.6) is 5.75 Å². The third-order valence-corrected chi connectivity index (χ3v) is 5.48. The molecule has 1 heterocycles. The lowest BCUT2D eigenvalue weighted by atomic mass is 10.1. The zero-order valence-corrected chi connectivity index (χ0v) is 18.4. The van der Waals surface area contributed by atoms with E-state index in [1.165, 1.54) is 18.2 Å². The van der Waals surface area contributed by atoms with E-state index in [1.807, 2.05) is 19.1 Å². The van der Waals surface area contributed by atoms with Crippen molar-refractivity contribution in [3.05, 3.63) is 94.7 Å². The number of nitrogens with one attached hydrogen (secondary N) is 2. The summed E-state index contributed by atoms with van der Waals surface area (Å²) in [6.45, 7) is 2.01. The maximum atomic E-state index is 13.0. The third kappa shape index (κ3) is 4.58. The highest BCUT2D eigenvalue weighted by Crippen LogP contribution is 2.30. The number of imide groups is 1. The van der Waals surface area contributed by atoms with Crippen LogP contribution in [0.2, 0.25) is 0 Å². The molecule has 0 unspecified atom stereocenters. The summed E-state index contributed by atoms with van der Waals surface area (Å²) in [6, 6.07) is 19.7. The van der Waals surface area contributed by atoms with Crippen molar-refractivity contribution in [1.29, 1.82) is 0 Å². The number of carbonyl (C=O) groups is 3. The predicted molar refractivity (Wildman–Crippen MR) is 127 cm³/mol. The second kappa shape index (κ2) is 9.18. The molecule has 0 aromatic heterocycles. The summed E-state index contributed by atoms with van der Waals surface area (Å²) in [5.41, 5.74) is 2.60. The second-order valence-corrected chi connectivity index (χ2v) is 7.74. The smallest absolute Gasteiger partial charge is 0.283 e. The monoisotopic (exact) mass is 461 g/mol. The van der Waals surface area contributed by atoms with Crippen molar-refractivity contribution < 1.29 is 19.5 Å². The number of hydrogen-bond donors (Lipinski definition) is 3. The van der Waals surface area contributed by atoms with Crippen LogP contribution in [0.25, 0.3) is 0 Å².